The first kappa shape index (κ1) is 14.1. The fourth-order valence-corrected chi connectivity index (χ4v) is 2.21. The van der Waals surface area contributed by atoms with Crippen molar-refractivity contribution in [1.82, 2.24) is 0 Å². The maximum atomic E-state index is 13.5. The third kappa shape index (κ3) is 2.42. The smallest absolute Gasteiger partial charge is 0.299 e. The first-order valence-corrected chi connectivity index (χ1v) is 6.65. The van der Waals surface area contributed by atoms with Gasteiger partial charge in [0.1, 0.15) is 5.82 Å². The molecule has 0 saturated heterocycles. The van der Waals surface area contributed by atoms with Gasteiger partial charge in [-0.1, -0.05) is 13.8 Å². The van der Waals surface area contributed by atoms with Crippen molar-refractivity contribution in [3.63, 3.8) is 0 Å². The van der Waals surface area contributed by atoms with E-state index in [1.165, 1.54) is 6.07 Å². The van der Waals surface area contributed by atoms with Gasteiger partial charge in [-0.25, -0.2) is 4.39 Å². The van der Waals surface area contributed by atoms with E-state index in [0.29, 0.717) is 0 Å². The van der Waals surface area contributed by atoms with Crippen molar-refractivity contribution in [3.8, 4) is 0 Å². The second-order valence-corrected chi connectivity index (χ2v) is 5.69. The molecular formula is C13H13BrFNO3. The highest BCUT2D eigenvalue weighted by molar-refractivity contribution is 9.10. The zero-order valence-corrected chi connectivity index (χ0v) is 12.1. The van der Waals surface area contributed by atoms with Crippen molar-refractivity contribution in [2.24, 2.45) is 5.92 Å². The van der Waals surface area contributed by atoms with Gasteiger partial charge in [0, 0.05) is 0 Å². The number of halogens is 2. The summed E-state index contributed by atoms with van der Waals surface area (Å²) in [5.74, 6) is -2.02. The number of aliphatic hydroxyl groups is 1. The summed E-state index contributed by atoms with van der Waals surface area (Å²) in [6.45, 7) is 3.59. The number of carbonyl (C=O) groups is 2. The lowest BCUT2D eigenvalue weighted by Crippen LogP contribution is -2.38. The van der Waals surface area contributed by atoms with Crippen LogP contribution in [0.15, 0.2) is 16.6 Å². The fourth-order valence-electron chi connectivity index (χ4n) is 1.87. The van der Waals surface area contributed by atoms with Gasteiger partial charge < -0.3 is 10.0 Å². The number of fused-ring (bicyclic) bond motifs is 1. The second kappa shape index (κ2) is 5.02. The number of carbonyl (C=O) groups excluding carboxylic acids is 2. The Morgan fingerprint density at radius 1 is 1.37 bits per heavy atom. The molecule has 4 nitrogen and oxygen atoms in total. The summed E-state index contributed by atoms with van der Waals surface area (Å²) in [5, 5.41) is 9.83. The molecule has 1 aromatic carbocycles. The standard InChI is InChI=1S/C13H13BrFNO3/c1-6(2)11(17)5-16-10-4-9(15)8(14)3-7(10)12(18)13(16)19/h3-4,6,11,17H,5H2,1-2H3. The largest absolute Gasteiger partial charge is 0.391 e. The molecule has 0 fully saturated rings. The number of nitrogens with zero attached hydrogens (tertiary/aromatic N) is 1. The van der Waals surface area contributed by atoms with Crippen LogP contribution in [0.4, 0.5) is 10.1 Å². The lowest BCUT2D eigenvalue weighted by atomic mass is 10.1. The highest BCUT2D eigenvalue weighted by Crippen LogP contribution is 2.33. The third-order valence-corrected chi connectivity index (χ3v) is 3.76. The summed E-state index contributed by atoms with van der Waals surface area (Å²) in [4.78, 5) is 24.8. The van der Waals surface area contributed by atoms with E-state index in [-0.39, 0.29) is 28.2 Å². The van der Waals surface area contributed by atoms with Crippen LogP contribution < -0.4 is 4.90 Å². The van der Waals surface area contributed by atoms with Crippen molar-refractivity contribution >= 4 is 33.3 Å². The maximum absolute atomic E-state index is 13.5. The van der Waals surface area contributed by atoms with Crippen LogP contribution >= 0.6 is 15.9 Å². The highest BCUT2D eigenvalue weighted by atomic mass is 79.9. The Balaban J connectivity index is 2.41. The van der Waals surface area contributed by atoms with Crippen LogP contribution in [-0.4, -0.2) is 29.4 Å². The van der Waals surface area contributed by atoms with Gasteiger partial charge in [-0.05, 0) is 34.0 Å². The molecule has 0 spiro atoms. The first-order chi connectivity index (χ1) is 8.82. The van der Waals surface area contributed by atoms with Gasteiger partial charge in [-0.15, -0.1) is 0 Å². The molecule has 1 aliphatic rings. The number of hydrogen-bond donors (Lipinski definition) is 1. The normalized spacial score (nSPS) is 16.2. The molecule has 0 radical (unpaired) electrons. The van der Waals surface area contributed by atoms with E-state index in [4.69, 9.17) is 0 Å². The van der Waals surface area contributed by atoms with Gasteiger partial charge in [0.15, 0.2) is 0 Å². The van der Waals surface area contributed by atoms with Gasteiger partial charge >= 0.3 is 0 Å². The molecule has 0 aromatic heterocycles. The molecule has 2 rings (SSSR count). The fraction of sp³-hybridized carbons (Fsp3) is 0.385. The predicted octanol–water partition coefficient (Wildman–Crippen LogP) is 2.13. The lowest BCUT2D eigenvalue weighted by molar-refractivity contribution is -0.114. The molecule has 0 aliphatic carbocycles. The van der Waals surface area contributed by atoms with Crippen molar-refractivity contribution < 1.29 is 19.1 Å². The minimum absolute atomic E-state index is 0.0175. The molecule has 1 atom stereocenters. The summed E-state index contributed by atoms with van der Waals surface area (Å²) < 4.78 is 13.7. The monoisotopic (exact) mass is 329 g/mol. The minimum atomic E-state index is -0.769. The summed E-state index contributed by atoms with van der Waals surface area (Å²) in [6, 6.07) is 2.43. The topological polar surface area (TPSA) is 57.6 Å². The molecule has 1 N–H and O–H groups in total. The van der Waals surface area contributed by atoms with Crippen LogP contribution in [0.5, 0.6) is 0 Å². The van der Waals surface area contributed by atoms with Crippen molar-refractivity contribution in [2.75, 3.05) is 11.4 Å². The van der Waals surface area contributed by atoms with E-state index in [0.717, 1.165) is 11.0 Å². The Hall–Kier alpha value is -1.27. The van der Waals surface area contributed by atoms with E-state index in [2.05, 4.69) is 15.9 Å². The first-order valence-electron chi connectivity index (χ1n) is 5.86. The average Bonchev–Trinajstić information content (AvgIpc) is 2.56. The maximum Gasteiger partial charge on any atom is 0.299 e. The van der Waals surface area contributed by atoms with E-state index in [9.17, 15) is 19.1 Å². The van der Waals surface area contributed by atoms with E-state index >= 15 is 0 Å². The van der Waals surface area contributed by atoms with Crippen molar-refractivity contribution in [1.29, 1.82) is 0 Å². The molecule has 1 unspecified atom stereocenters. The number of β-amino-alcohol motifs (C(OH)–C–C–N with tert-alkyl or cyclic N) is 1. The molecule has 1 amide bonds. The van der Waals surface area contributed by atoms with Gasteiger partial charge in [0.05, 0.1) is 28.4 Å². The summed E-state index contributed by atoms with van der Waals surface area (Å²) in [5.41, 5.74) is 0.379. The molecule has 0 bridgehead atoms. The number of amides is 1. The van der Waals surface area contributed by atoms with Gasteiger partial charge in [-0.2, -0.15) is 0 Å². The molecule has 1 aromatic rings. The van der Waals surface area contributed by atoms with E-state index < -0.39 is 23.6 Å². The zero-order chi connectivity index (χ0) is 14.3. The molecule has 1 heterocycles. The van der Waals surface area contributed by atoms with Crippen molar-refractivity contribution in [3.05, 3.63) is 28.0 Å². The van der Waals surface area contributed by atoms with E-state index in [1.54, 1.807) is 13.8 Å². The second-order valence-electron chi connectivity index (χ2n) is 4.84. The molecule has 1 aliphatic heterocycles. The lowest BCUT2D eigenvalue weighted by Gasteiger charge is -2.22. The number of anilines is 1. The number of benzene rings is 1. The molecule has 102 valence electrons. The molecule has 6 heteroatoms. The Labute approximate surface area is 118 Å². The number of rotatable bonds is 3. The van der Waals surface area contributed by atoms with Gasteiger partial charge in [-0.3, -0.25) is 9.59 Å². The van der Waals surface area contributed by atoms with Gasteiger partial charge in [0.2, 0.25) is 0 Å². The zero-order valence-electron chi connectivity index (χ0n) is 10.5. The molecule has 0 saturated carbocycles. The van der Waals surface area contributed by atoms with Crippen LogP contribution in [-0.2, 0) is 4.79 Å². The molecule has 19 heavy (non-hydrogen) atoms. The number of Topliss-reactive ketones (excluding diaryl/α,β-unsaturated/α-hetero) is 1. The highest BCUT2D eigenvalue weighted by Gasteiger charge is 2.37. The summed E-state index contributed by atoms with van der Waals surface area (Å²) in [6.07, 6.45) is -0.769. The van der Waals surface area contributed by atoms with Crippen LogP contribution in [0, 0.1) is 11.7 Å². The van der Waals surface area contributed by atoms with Crippen LogP contribution in [0.1, 0.15) is 24.2 Å². The quantitative estimate of drug-likeness (QED) is 0.864. The molecular weight excluding hydrogens is 317 g/mol. The average molecular weight is 330 g/mol. The minimum Gasteiger partial charge on any atom is -0.391 e. The van der Waals surface area contributed by atoms with Crippen LogP contribution in [0.2, 0.25) is 0 Å². The predicted molar refractivity (Wildman–Crippen MR) is 71.6 cm³/mol. The van der Waals surface area contributed by atoms with Crippen LogP contribution in [0.25, 0.3) is 0 Å². The summed E-state index contributed by atoms with van der Waals surface area (Å²) in [7, 11) is 0. The Morgan fingerprint density at radius 3 is 2.58 bits per heavy atom. The Morgan fingerprint density at radius 2 is 2.00 bits per heavy atom. The van der Waals surface area contributed by atoms with Crippen LogP contribution in [0.3, 0.4) is 0 Å². The van der Waals surface area contributed by atoms with Gasteiger partial charge in [0.25, 0.3) is 11.7 Å². The Kier molecular flexibility index (Phi) is 3.73. The number of ketones is 1. The van der Waals surface area contributed by atoms with E-state index in [1.807, 2.05) is 0 Å². The number of hydrogen-bond acceptors (Lipinski definition) is 3. The van der Waals surface area contributed by atoms with Crippen molar-refractivity contribution in [2.45, 2.75) is 20.0 Å². The SMILES string of the molecule is CC(C)C(O)CN1C(=O)C(=O)c2cc(Br)c(F)cc21. The third-order valence-electron chi connectivity index (χ3n) is 3.15. The Bertz CT molecular complexity index is 559. The number of aliphatic hydroxyl groups excluding tert-OH is 1. The summed E-state index contributed by atoms with van der Waals surface area (Å²) >= 11 is 2.98.